The first-order valence-electron chi connectivity index (χ1n) is 7.49. The van der Waals surface area contributed by atoms with Crippen molar-refractivity contribution in [1.29, 1.82) is 0 Å². The summed E-state index contributed by atoms with van der Waals surface area (Å²) < 4.78 is 27.7. The molecule has 136 valence electrons. The van der Waals surface area contributed by atoms with Gasteiger partial charge in [0, 0.05) is 31.4 Å². The molecule has 1 aliphatic rings. The van der Waals surface area contributed by atoms with E-state index in [1.165, 1.54) is 17.7 Å². The lowest BCUT2D eigenvalue weighted by Crippen LogP contribution is -2.48. The minimum atomic E-state index is -1.02. The molecule has 10 heteroatoms. The van der Waals surface area contributed by atoms with E-state index in [4.69, 9.17) is 0 Å². The van der Waals surface area contributed by atoms with Gasteiger partial charge in [0.15, 0.2) is 11.4 Å². The summed E-state index contributed by atoms with van der Waals surface area (Å²) in [5.74, 6) is -3.93. The van der Waals surface area contributed by atoms with Crippen molar-refractivity contribution in [3.63, 3.8) is 0 Å². The Balaban J connectivity index is 1.87. The maximum Gasteiger partial charge on any atom is 0.288 e. The highest BCUT2D eigenvalue weighted by atomic mass is 19.1. The van der Waals surface area contributed by atoms with Crippen LogP contribution < -0.4 is 16.2 Å². The van der Waals surface area contributed by atoms with Crippen LogP contribution in [0.5, 0.6) is 5.75 Å². The second-order valence-corrected chi connectivity index (χ2v) is 5.64. The molecule has 2 amide bonds. The molecule has 8 nitrogen and oxygen atoms in total. The van der Waals surface area contributed by atoms with Gasteiger partial charge in [-0.2, -0.15) is 0 Å². The molecule has 2 aromatic rings. The molecule has 26 heavy (non-hydrogen) atoms. The number of fused-ring (bicyclic) bond motifs is 1. The second-order valence-electron chi connectivity index (χ2n) is 5.64. The summed E-state index contributed by atoms with van der Waals surface area (Å²) in [5.41, 5.74) is 1.05. The van der Waals surface area contributed by atoms with E-state index >= 15 is 0 Å². The number of nitrogens with zero attached hydrogens (tertiary/aromatic N) is 2. The summed E-state index contributed by atoms with van der Waals surface area (Å²) in [6.07, 6.45) is 1.13. The summed E-state index contributed by atoms with van der Waals surface area (Å²) >= 11 is 0. The van der Waals surface area contributed by atoms with Crippen molar-refractivity contribution in [3.05, 3.63) is 63.1 Å². The van der Waals surface area contributed by atoms with Gasteiger partial charge in [0.25, 0.3) is 11.8 Å². The highest BCUT2D eigenvalue weighted by Gasteiger charge is 2.28. The average molecular weight is 364 g/mol. The van der Waals surface area contributed by atoms with E-state index < -0.39 is 40.2 Å². The molecular formula is C16H14F2N4O4. The summed E-state index contributed by atoms with van der Waals surface area (Å²) in [6, 6.07) is 2.88. The number of aromatic hydroxyl groups is 1. The van der Waals surface area contributed by atoms with Crippen LogP contribution in [0.4, 0.5) is 8.78 Å². The van der Waals surface area contributed by atoms with Gasteiger partial charge in [0.2, 0.25) is 5.43 Å². The fourth-order valence-corrected chi connectivity index (χ4v) is 2.51. The Bertz CT molecular complexity index is 973. The minimum Gasteiger partial charge on any atom is -0.503 e. The second kappa shape index (κ2) is 6.56. The molecule has 1 aromatic carbocycles. The number of aromatic nitrogens is 1. The Morgan fingerprint density at radius 2 is 2.08 bits per heavy atom. The molecule has 3 N–H and O–H groups in total. The highest BCUT2D eigenvalue weighted by molar-refractivity contribution is 5.98. The summed E-state index contributed by atoms with van der Waals surface area (Å²) in [7, 11) is 1.42. The summed E-state index contributed by atoms with van der Waals surface area (Å²) in [6.45, 7) is -0.231. The molecule has 0 spiro atoms. The number of pyridine rings is 1. The zero-order chi connectivity index (χ0) is 19.0. The van der Waals surface area contributed by atoms with Crippen LogP contribution in [0, 0.1) is 11.6 Å². The first kappa shape index (κ1) is 17.5. The Morgan fingerprint density at radius 1 is 1.35 bits per heavy atom. The van der Waals surface area contributed by atoms with Crippen LogP contribution in [-0.4, -0.2) is 33.5 Å². The van der Waals surface area contributed by atoms with Crippen molar-refractivity contribution < 1.29 is 23.5 Å². The van der Waals surface area contributed by atoms with Gasteiger partial charge in [-0.3, -0.25) is 19.4 Å². The van der Waals surface area contributed by atoms with Gasteiger partial charge in [-0.15, -0.1) is 0 Å². The molecule has 3 rings (SSSR count). The molecule has 0 unspecified atom stereocenters. The van der Waals surface area contributed by atoms with Crippen molar-refractivity contribution in [2.75, 3.05) is 7.05 Å². The van der Waals surface area contributed by atoms with E-state index in [0.29, 0.717) is 6.07 Å². The van der Waals surface area contributed by atoms with E-state index in [9.17, 15) is 28.3 Å². The van der Waals surface area contributed by atoms with Crippen molar-refractivity contribution in [1.82, 2.24) is 20.3 Å². The van der Waals surface area contributed by atoms with Crippen LogP contribution >= 0.6 is 0 Å². The molecule has 0 fully saturated rings. The Labute approximate surface area is 145 Å². The van der Waals surface area contributed by atoms with Crippen molar-refractivity contribution in [2.45, 2.75) is 13.2 Å². The number of rotatable bonds is 3. The van der Waals surface area contributed by atoms with E-state index in [2.05, 4.69) is 10.7 Å². The standard InChI is InChI=1S/C16H14F2N4O4/c1-21-16(26)12-14(24)13(23)10(6-22(12)7-20-21)15(25)19-5-8-2-3-9(17)4-11(8)18/h2-4,6,20,24H,5,7H2,1H3,(H,19,25). The summed E-state index contributed by atoms with van der Waals surface area (Å²) in [4.78, 5) is 36.5. The number of hydrazine groups is 1. The Kier molecular flexibility index (Phi) is 4.43. The van der Waals surface area contributed by atoms with Crippen molar-refractivity contribution >= 4 is 11.8 Å². The third-order valence-corrected chi connectivity index (χ3v) is 3.94. The molecule has 0 aliphatic carbocycles. The lowest BCUT2D eigenvalue weighted by Gasteiger charge is -2.28. The largest absolute Gasteiger partial charge is 0.503 e. The molecular weight excluding hydrogens is 350 g/mol. The number of nitrogens with one attached hydrogen (secondary N) is 2. The number of hydrogen-bond donors (Lipinski definition) is 3. The SMILES string of the molecule is CN1NCn2cc(C(=O)NCc3ccc(F)cc3F)c(=O)c(O)c2C1=O. The van der Waals surface area contributed by atoms with E-state index in [0.717, 1.165) is 17.3 Å². The molecule has 0 atom stereocenters. The molecule has 2 heterocycles. The lowest BCUT2D eigenvalue weighted by molar-refractivity contribution is 0.0619. The van der Waals surface area contributed by atoms with Crippen LogP contribution in [0.1, 0.15) is 26.4 Å². The molecule has 1 aromatic heterocycles. The zero-order valence-corrected chi connectivity index (χ0v) is 13.5. The number of amides is 2. The zero-order valence-electron chi connectivity index (χ0n) is 13.5. The molecule has 0 saturated carbocycles. The van der Waals surface area contributed by atoms with Crippen molar-refractivity contribution in [2.24, 2.45) is 0 Å². The maximum absolute atomic E-state index is 13.6. The third kappa shape index (κ3) is 3.02. The fourth-order valence-electron chi connectivity index (χ4n) is 2.51. The van der Waals surface area contributed by atoms with E-state index in [-0.39, 0.29) is 24.5 Å². The van der Waals surface area contributed by atoms with E-state index in [1.54, 1.807) is 0 Å². The van der Waals surface area contributed by atoms with Gasteiger partial charge in [-0.05, 0) is 6.07 Å². The van der Waals surface area contributed by atoms with Gasteiger partial charge >= 0.3 is 0 Å². The van der Waals surface area contributed by atoms with Gasteiger partial charge in [0.1, 0.15) is 17.2 Å². The lowest BCUT2D eigenvalue weighted by atomic mass is 10.1. The predicted octanol–water partition coefficient (Wildman–Crippen LogP) is 0.310. The Morgan fingerprint density at radius 3 is 2.77 bits per heavy atom. The molecule has 0 saturated heterocycles. The van der Waals surface area contributed by atoms with Crippen LogP contribution in [0.25, 0.3) is 0 Å². The third-order valence-electron chi connectivity index (χ3n) is 3.94. The monoisotopic (exact) mass is 364 g/mol. The number of carbonyl (C=O) groups is 2. The number of benzene rings is 1. The van der Waals surface area contributed by atoms with Gasteiger partial charge in [-0.25, -0.2) is 14.2 Å². The predicted molar refractivity (Wildman–Crippen MR) is 85.1 cm³/mol. The highest BCUT2D eigenvalue weighted by Crippen LogP contribution is 2.18. The van der Waals surface area contributed by atoms with Crippen molar-refractivity contribution in [3.8, 4) is 5.75 Å². The maximum atomic E-state index is 13.6. The first-order valence-corrected chi connectivity index (χ1v) is 7.49. The quantitative estimate of drug-likeness (QED) is 0.727. The molecule has 1 aliphatic heterocycles. The van der Waals surface area contributed by atoms with Crippen LogP contribution in [0.15, 0.2) is 29.2 Å². The average Bonchev–Trinajstić information content (AvgIpc) is 2.60. The molecule has 0 bridgehead atoms. The van der Waals surface area contributed by atoms with Crippen LogP contribution in [0.2, 0.25) is 0 Å². The summed E-state index contributed by atoms with van der Waals surface area (Å²) in [5, 5.41) is 13.5. The van der Waals surface area contributed by atoms with Gasteiger partial charge in [0.05, 0.1) is 6.67 Å². The normalized spacial score (nSPS) is 13.5. The van der Waals surface area contributed by atoms with Crippen LogP contribution in [0.3, 0.4) is 0 Å². The number of halogens is 2. The minimum absolute atomic E-state index is 0.0282. The van der Waals surface area contributed by atoms with Crippen LogP contribution in [-0.2, 0) is 13.2 Å². The van der Waals surface area contributed by atoms with Gasteiger partial charge < -0.3 is 15.0 Å². The first-order chi connectivity index (χ1) is 12.3. The van der Waals surface area contributed by atoms with Gasteiger partial charge in [-0.1, -0.05) is 6.07 Å². The van der Waals surface area contributed by atoms with E-state index in [1.807, 2.05) is 0 Å². The fraction of sp³-hybridized carbons (Fsp3) is 0.188. The topological polar surface area (TPSA) is 104 Å². The Hall–Kier alpha value is -3.27. The smallest absolute Gasteiger partial charge is 0.288 e. The molecule has 0 radical (unpaired) electrons. The number of carbonyl (C=O) groups excluding carboxylic acids is 2. The number of hydrogen-bond acceptors (Lipinski definition) is 5.